The van der Waals surface area contributed by atoms with E-state index < -0.39 is 54.7 Å². The van der Waals surface area contributed by atoms with Crippen molar-refractivity contribution in [1.29, 1.82) is 0 Å². The Morgan fingerprint density at radius 3 is 1.15 bits per heavy atom. The fourth-order valence-electron chi connectivity index (χ4n) is 8.81. The molecule has 0 amide bonds. The quantitative estimate of drug-likeness (QED) is 0.0260. The van der Waals surface area contributed by atoms with E-state index in [1.807, 2.05) is 0 Å². The van der Waals surface area contributed by atoms with Gasteiger partial charge in [0.2, 0.25) is 0 Å². The number of ether oxygens (including phenoxy) is 4. The second kappa shape index (κ2) is 47.0. The third kappa shape index (κ3) is 37.5. The summed E-state index contributed by atoms with van der Waals surface area (Å²) >= 11 is 0. The lowest BCUT2D eigenvalue weighted by molar-refractivity contribution is -0.298. The number of carboxylic acids is 1. The summed E-state index contributed by atoms with van der Waals surface area (Å²) in [6.07, 6.45) is 46.6. The molecule has 68 heavy (non-hydrogen) atoms. The Morgan fingerprint density at radius 1 is 0.441 bits per heavy atom. The Morgan fingerprint density at radius 2 is 0.779 bits per heavy atom. The number of allylic oxidation sites excluding steroid dienone is 4. The van der Waals surface area contributed by atoms with Crippen LogP contribution in [0, 0.1) is 0 Å². The van der Waals surface area contributed by atoms with Crippen molar-refractivity contribution < 1.29 is 53.8 Å². The lowest BCUT2D eigenvalue weighted by Gasteiger charge is -2.38. The van der Waals surface area contributed by atoms with Gasteiger partial charge in [-0.2, -0.15) is 0 Å². The van der Waals surface area contributed by atoms with Gasteiger partial charge in [0.25, 0.3) is 0 Å². The highest BCUT2D eigenvalue weighted by Gasteiger charge is 2.47. The largest absolute Gasteiger partial charge is 0.479 e. The van der Waals surface area contributed by atoms with E-state index >= 15 is 0 Å². The molecule has 398 valence electrons. The smallest absolute Gasteiger partial charge is 0.335 e. The molecule has 1 rings (SSSR count). The molecule has 0 aliphatic carbocycles. The number of hydrogen-bond acceptors (Lipinski definition) is 10. The highest BCUT2D eigenvalue weighted by molar-refractivity contribution is 5.73. The maximum absolute atomic E-state index is 12.9. The fourth-order valence-corrected chi connectivity index (χ4v) is 8.81. The van der Waals surface area contributed by atoms with Crippen LogP contribution in [0.2, 0.25) is 0 Å². The molecule has 0 spiro atoms. The van der Waals surface area contributed by atoms with Crippen molar-refractivity contribution in [2.75, 3.05) is 13.2 Å². The van der Waals surface area contributed by atoms with Crippen LogP contribution in [0.3, 0.4) is 0 Å². The maximum atomic E-state index is 12.9. The fraction of sp³-hybridized carbons (Fsp3) is 0.877. The topological polar surface area (TPSA) is 169 Å². The Bertz CT molecular complexity index is 1220. The lowest BCUT2D eigenvalue weighted by atomic mass is 9.99. The molecule has 1 fully saturated rings. The number of unbranched alkanes of at least 4 members (excludes halogenated alkanes) is 34. The zero-order valence-electron chi connectivity index (χ0n) is 43.6. The van der Waals surface area contributed by atoms with Crippen LogP contribution in [0.15, 0.2) is 24.3 Å². The molecular weight excluding hydrogens is 861 g/mol. The van der Waals surface area contributed by atoms with Crippen molar-refractivity contribution in [3.05, 3.63) is 24.3 Å². The van der Waals surface area contributed by atoms with Crippen molar-refractivity contribution in [2.45, 2.75) is 307 Å². The van der Waals surface area contributed by atoms with Crippen LogP contribution in [0.1, 0.15) is 271 Å². The number of carboxylic acid groups (broad SMARTS) is 1. The molecule has 0 aromatic rings. The van der Waals surface area contributed by atoms with Gasteiger partial charge in [0.1, 0.15) is 24.9 Å². The number of rotatable bonds is 49. The number of hydrogen-bond donors (Lipinski definition) is 4. The molecule has 0 bridgehead atoms. The average molecular weight is 965 g/mol. The minimum absolute atomic E-state index is 0.183. The first-order valence-corrected chi connectivity index (χ1v) is 28.4. The Labute approximate surface area is 415 Å². The number of aliphatic hydroxyl groups excluding tert-OH is 3. The van der Waals surface area contributed by atoms with Crippen molar-refractivity contribution in [2.24, 2.45) is 0 Å². The zero-order valence-corrected chi connectivity index (χ0v) is 43.6. The third-order valence-corrected chi connectivity index (χ3v) is 13.3. The molecule has 11 nitrogen and oxygen atoms in total. The molecule has 6 unspecified atom stereocenters. The van der Waals surface area contributed by atoms with Crippen LogP contribution in [0.4, 0.5) is 0 Å². The number of aliphatic carboxylic acids is 1. The van der Waals surface area contributed by atoms with Gasteiger partial charge in [0.15, 0.2) is 18.5 Å². The Kier molecular flexibility index (Phi) is 44.1. The average Bonchev–Trinajstić information content (AvgIpc) is 3.32. The van der Waals surface area contributed by atoms with Gasteiger partial charge in [-0.3, -0.25) is 9.59 Å². The number of aliphatic hydroxyl groups is 3. The third-order valence-electron chi connectivity index (χ3n) is 13.3. The first-order valence-electron chi connectivity index (χ1n) is 28.4. The van der Waals surface area contributed by atoms with Gasteiger partial charge in [-0.05, 0) is 64.2 Å². The number of carbonyl (C=O) groups is 3. The molecule has 0 aromatic carbocycles. The van der Waals surface area contributed by atoms with Crippen molar-refractivity contribution in [3.8, 4) is 0 Å². The summed E-state index contributed by atoms with van der Waals surface area (Å²) in [4.78, 5) is 37.1. The van der Waals surface area contributed by atoms with E-state index in [2.05, 4.69) is 38.2 Å². The van der Waals surface area contributed by atoms with Gasteiger partial charge in [-0.15, -0.1) is 0 Å². The predicted molar refractivity (Wildman–Crippen MR) is 275 cm³/mol. The summed E-state index contributed by atoms with van der Waals surface area (Å²) < 4.78 is 21.9. The highest BCUT2D eigenvalue weighted by Crippen LogP contribution is 2.23. The monoisotopic (exact) mass is 965 g/mol. The first kappa shape index (κ1) is 63.7. The maximum Gasteiger partial charge on any atom is 0.335 e. The summed E-state index contributed by atoms with van der Waals surface area (Å²) in [5.41, 5.74) is 0. The standard InChI is InChI=1S/C57H104O11/c1-3-5-7-9-11-13-15-17-19-21-23-24-25-26-28-29-31-33-35-37-39-41-43-45-50(58)65-47-49(48-66-57-54(62)52(60)53(61)55(68-57)56(63)64)67-51(59)46-44-42-40-38-36-34-32-30-27-22-20-18-16-14-12-10-8-6-4-2/h18,20-21,23,49,52-55,57,60-62H,3-17,19,22,24-48H2,1-2H3,(H,63,64)/b20-18-,23-21-. The van der Waals surface area contributed by atoms with Gasteiger partial charge in [-0.1, -0.05) is 218 Å². The molecule has 0 radical (unpaired) electrons. The Balaban J connectivity index is 2.24. The van der Waals surface area contributed by atoms with E-state index in [0.717, 1.165) is 38.5 Å². The molecule has 0 aromatic heterocycles. The normalized spacial score (nSPS) is 19.0. The van der Waals surface area contributed by atoms with Crippen molar-refractivity contribution in [1.82, 2.24) is 0 Å². The van der Waals surface area contributed by atoms with E-state index in [0.29, 0.717) is 12.8 Å². The summed E-state index contributed by atoms with van der Waals surface area (Å²) in [6, 6.07) is 0. The van der Waals surface area contributed by atoms with Gasteiger partial charge in [0.05, 0.1) is 6.61 Å². The molecule has 1 heterocycles. The van der Waals surface area contributed by atoms with E-state index in [1.165, 1.54) is 193 Å². The zero-order chi connectivity index (χ0) is 49.6. The molecular formula is C57H104O11. The van der Waals surface area contributed by atoms with E-state index in [9.17, 15) is 34.8 Å². The minimum atomic E-state index is -1.86. The van der Waals surface area contributed by atoms with Crippen molar-refractivity contribution in [3.63, 3.8) is 0 Å². The molecule has 4 N–H and O–H groups in total. The van der Waals surface area contributed by atoms with Crippen LogP contribution in [0.25, 0.3) is 0 Å². The molecule has 1 saturated heterocycles. The van der Waals surface area contributed by atoms with Gasteiger partial charge >= 0.3 is 17.9 Å². The predicted octanol–water partition coefficient (Wildman–Crippen LogP) is 14.1. The molecule has 1 aliphatic heterocycles. The second-order valence-electron chi connectivity index (χ2n) is 19.8. The number of esters is 2. The Hall–Kier alpha value is -2.31. The molecule has 6 atom stereocenters. The minimum Gasteiger partial charge on any atom is -0.479 e. The molecule has 0 saturated carbocycles. The van der Waals surface area contributed by atoms with Crippen molar-refractivity contribution >= 4 is 17.9 Å². The van der Waals surface area contributed by atoms with E-state index in [-0.39, 0.29) is 26.1 Å². The highest BCUT2D eigenvalue weighted by atomic mass is 16.7. The van der Waals surface area contributed by atoms with Crippen LogP contribution < -0.4 is 0 Å². The lowest BCUT2D eigenvalue weighted by Crippen LogP contribution is -2.60. The summed E-state index contributed by atoms with van der Waals surface area (Å²) in [5.74, 6) is -2.43. The summed E-state index contributed by atoms with van der Waals surface area (Å²) in [5, 5.41) is 40.0. The van der Waals surface area contributed by atoms with Gasteiger partial charge in [-0.25, -0.2) is 4.79 Å². The van der Waals surface area contributed by atoms with Crippen LogP contribution in [-0.4, -0.2) is 88.4 Å². The first-order chi connectivity index (χ1) is 33.2. The van der Waals surface area contributed by atoms with Crippen LogP contribution in [-0.2, 0) is 33.3 Å². The molecule has 1 aliphatic rings. The van der Waals surface area contributed by atoms with E-state index in [4.69, 9.17) is 18.9 Å². The molecule has 11 heteroatoms. The van der Waals surface area contributed by atoms with E-state index in [1.54, 1.807) is 0 Å². The SMILES string of the molecule is CCCCCCCC/C=C\CCCCCCCCCCCC(=O)OC(COC(=O)CCCCCCCCCCCCC/C=C\CCCCCCCCCC)COC1OC(C(=O)O)C(O)C(O)C1O. The van der Waals surface area contributed by atoms with Gasteiger partial charge < -0.3 is 39.4 Å². The van der Waals surface area contributed by atoms with Crippen LogP contribution >= 0.6 is 0 Å². The summed E-state index contributed by atoms with van der Waals surface area (Å²) in [7, 11) is 0. The van der Waals surface area contributed by atoms with Crippen LogP contribution in [0.5, 0.6) is 0 Å². The van der Waals surface area contributed by atoms with Gasteiger partial charge in [0, 0.05) is 12.8 Å². The second-order valence-corrected chi connectivity index (χ2v) is 19.8. The number of carbonyl (C=O) groups excluding carboxylic acids is 2. The summed E-state index contributed by atoms with van der Waals surface area (Å²) in [6.45, 7) is 3.86.